The number of halogens is 1. The van der Waals surface area contributed by atoms with Gasteiger partial charge in [0.05, 0.1) is 0 Å². The van der Waals surface area contributed by atoms with E-state index in [2.05, 4.69) is 25.6 Å². The summed E-state index contributed by atoms with van der Waals surface area (Å²) in [7, 11) is -3.90. The van der Waals surface area contributed by atoms with Crippen LogP contribution in [0.2, 0.25) is 0 Å². The number of carboxylic acids is 1. The Bertz CT molecular complexity index is 560. The van der Waals surface area contributed by atoms with Crippen molar-refractivity contribution in [2.45, 2.75) is 31.2 Å². The Kier molecular flexibility index (Phi) is 5.45. The van der Waals surface area contributed by atoms with Crippen LogP contribution < -0.4 is 4.72 Å². The van der Waals surface area contributed by atoms with E-state index in [0.717, 1.165) is 0 Å². The van der Waals surface area contributed by atoms with E-state index in [4.69, 9.17) is 5.11 Å². The van der Waals surface area contributed by atoms with E-state index in [1.165, 1.54) is 18.5 Å². The second kappa shape index (κ2) is 6.44. The molecule has 0 fully saturated rings. The van der Waals surface area contributed by atoms with Gasteiger partial charge < -0.3 is 5.11 Å². The Hall–Kier alpha value is -0.990. The molecule has 0 aromatic carbocycles. The number of aromatic nitrogens is 1. The number of hydrogen-bond donors (Lipinski definition) is 2. The van der Waals surface area contributed by atoms with Gasteiger partial charge in [0.1, 0.15) is 10.9 Å². The molecule has 1 rings (SSSR count). The summed E-state index contributed by atoms with van der Waals surface area (Å²) in [5, 5.41) is 9.04. The van der Waals surface area contributed by atoms with Gasteiger partial charge in [-0.25, -0.2) is 8.42 Å². The molecule has 0 aliphatic heterocycles. The molecule has 106 valence electrons. The van der Waals surface area contributed by atoms with E-state index >= 15 is 0 Å². The zero-order valence-electron chi connectivity index (χ0n) is 10.5. The second-order valence-electron chi connectivity index (χ2n) is 4.48. The van der Waals surface area contributed by atoms with Gasteiger partial charge in [-0.2, -0.15) is 4.72 Å². The molecule has 0 aliphatic rings. The number of aliphatic carboxylic acids is 1. The van der Waals surface area contributed by atoms with Crippen LogP contribution in [0.3, 0.4) is 0 Å². The zero-order valence-corrected chi connectivity index (χ0v) is 12.9. The van der Waals surface area contributed by atoms with Crippen molar-refractivity contribution >= 4 is 31.9 Å². The van der Waals surface area contributed by atoms with E-state index in [0.29, 0.717) is 4.47 Å². The standard InChI is InChI=1S/C11H15BrN2O4S/c1-7(2)3-10(11(15)16)14-19(17,18)9-4-8(12)5-13-6-9/h4-7,10,14H,3H2,1-2H3,(H,15,16). The topological polar surface area (TPSA) is 96.4 Å². The van der Waals surface area contributed by atoms with Crippen molar-refractivity contribution in [1.29, 1.82) is 0 Å². The molecule has 1 heterocycles. The largest absolute Gasteiger partial charge is 0.480 e. The Labute approximate surface area is 120 Å². The number of pyridine rings is 1. The van der Waals surface area contributed by atoms with Gasteiger partial charge in [0.25, 0.3) is 0 Å². The maximum absolute atomic E-state index is 12.0. The first kappa shape index (κ1) is 16.1. The third-order valence-corrected chi connectivity index (χ3v) is 4.17. The lowest BCUT2D eigenvalue weighted by molar-refractivity contribution is -0.139. The number of sulfonamides is 1. The van der Waals surface area contributed by atoms with Gasteiger partial charge in [-0.3, -0.25) is 9.78 Å². The fourth-order valence-electron chi connectivity index (χ4n) is 1.47. The number of carbonyl (C=O) groups is 1. The van der Waals surface area contributed by atoms with Crippen LogP contribution in [0.4, 0.5) is 0 Å². The third kappa shape index (κ3) is 4.88. The number of hydrogen-bond acceptors (Lipinski definition) is 4. The van der Waals surface area contributed by atoms with E-state index in [1.807, 2.05) is 13.8 Å². The molecule has 1 unspecified atom stereocenters. The van der Waals surface area contributed by atoms with Gasteiger partial charge in [0.15, 0.2) is 0 Å². The van der Waals surface area contributed by atoms with Crippen LogP contribution in [0.1, 0.15) is 20.3 Å². The van der Waals surface area contributed by atoms with Gasteiger partial charge >= 0.3 is 5.97 Å². The van der Waals surface area contributed by atoms with Gasteiger partial charge in [-0.15, -0.1) is 0 Å². The lowest BCUT2D eigenvalue weighted by Gasteiger charge is -2.16. The molecule has 0 amide bonds. The van der Waals surface area contributed by atoms with E-state index in [-0.39, 0.29) is 17.2 Å². The van der Waals surface area contributed by atoms with Crippen LogP contribution in [-0.2, 0) is 14.8 Å². The SMILES string of the molecule is CC(C)CC(NS(=O)(=O)c1cncc(Br)c1)C(=O)O. The summed E-state index contributed by atoms with van der Waals surface area (Å²) in [6.07, 6.45) is 2.83. The molecule has 0 saturated carbocycles. The van der Waals surface area contributed by atoms with Crippen molar-refractivity contribution in [3.8, 4) is 0 Å². The van der Waals surface area contributed by atoms with Crippen molar-refractivity contribution in [3.63, 3.8) is 0 Å². The predicted octanol–water partition coefficient (Wildman–Crippen LogP) is 1.62. The van der Waals surface area contributed by atoms with Crippen molar-refractivity contribution in [2.24, 2.45) is 5.92 Å². The summed E-state index contributed by atoms with van der Waals surface area (Å²) in [6.45, 7) is 3.65. The Morgan fingerprint density at radius 2 is 2.11 bits per heavy atom. The molecule has 1 aromatic heterocycles. The zero-order chi connectivity index (χ0) is 14.6. The normalized spacial score (nSPS) is 13.5. The monoisotopic (exact) mass is 350 g/mol. The number of carboxylic acid groups (broad SMARTS) is 1. The predicted molar refractivity (Wildman–Crippen MR) is 73.1 cm³/mol. The van der Waals surface area contributed by atoms with Gasteiger partial charge in [0, 0.05) is 16.9 Å². The molecule has 6 nitrogen and oxygen atoms in total. The average molecular weight is 351 g/mol. The van der Waals surface area contributed by atoms with Gasteiger partial charge in [-0.05, 0) is 34.3 Å². The molecule has 0 radical (unpaired) electrons. The highest BCUT2D eigenvalue weighted by Gasteiger charge is 2.26. The van der Waals surface area contributed by atoms with Crippen molar-refractivity contribution in [2.75, 3.05) is 0 Å². The Balaban J connectivity index is 2.97. The molecule has 0 saturated heterocycles. The quantitative estimate of drug-likeness (QED) is 0.812. The number of nitrogens with zero attached hydrogens (tertiary/aromatic N) is 1. The fourth-order valence-corrected chi connectivity index (χ4v) is 3.17. The Morgan fingerprint density at radius 1 is 1.47 bits per heavy atom. The molecule has 0 spiro atoms. The summed E-state index contributed by atoms with van der Waals surface area (Å²) in [6, 6.07) is 0.216. The number of rotatable bonds is 6. The Morgan fingerprint density at radius 3 is 2.58 bits per heavy atom. The smallest absolute Gasteiger partial charge is 0.321 e. The van der Waals surface area contributed by atoms with Crippen LogP contribution in [0, 0.1) is 5.92 Å². The summed E-state index contributed by atoms with van der Waals surface area (Å²) in [5.41, 5.74) is 0. The molecular formula is C11H15BrN2O4S. The molecular weight excluding hydrogens is 336 g/mol. The molecule has 1 atom stereocenters. The average Bonchev–Trinajstić information content (AvgIpc) is 2.27. The minimum Gasteiger partial charge on any atom is -0.480 e. The van der Waals surface area contributed by atoms with Gasteiger partial charge in [0.2, 0.25) is 10.0 Å². The fraction of sp³-hybridized carbons (Fsp3) is 0.455. The highest BCUT2D eigenvalue weighted by Crippen LogP contribution is 2.15. The van der Waals surface area contributed by atoms with Crippen LogP contribution in [0.5, 0.6) is 0 Å². The van der Waals surface area contributed by atoms with Crippen LogP contribution in [0.15, 0.2) is 27.8 Å². The van der Waals surface area contributed by atoms with Crippen molar-refractivity contribution < 1.29 is 18.3 Å². The maximum Gasteiger partial charge on any atom is 0.321 e. The van der Waals surface area contributed by atoms with Crippen molar-refractivity contribution in [1.82, 2.24) is 9.71 Å². The minimum absolute atomic E-state index is 0.0597. The maximum atomic E-state index is 12.0. The molecule has 2 N–H and O–H groups in total. The highest BCUT2D eigenvalue weighted by molar-refractivity contribution is 9.10. The third-order valence-electron chi connectivity index (χ3n) is 2.29. The highest BCUT2D eigenvalue weighted by atomic mass is 79.9. The minimum atomic E-state index is -3.90. The molecule has 8 heteroatoms. The van der Waals surface area contributed by atoms with Crippen LogP contribution >= 0.6 is 15.9 Å². The van der Waals surface area contributed by atoms with E-state index in [1.54, 1.807) is 0 Å². The molecule has 0 aliphatic carbocycles. The summed E-state index contributed by atoms with van der Waals surface area (Å²) < 4.78 is 26.8. The van der Waals surface area contributed by atoms with Crippen LogP contribution in [-0.4, -0.2) is 30.5 Å². The number of nitrogens with one attached hydrogen (secondary N) is 1. The van der Waals surface area contributed by atoms with Gasteiger partial charge in [-0.1, -0.05) is 13.8 Å². The van der Waals surface area contributed by atoms with E-state index in [9.17, 15) is 13.2 Å². The molecule has 0 bridgehead atoms. The lowest BCUT2D eigenvalue weighted by Crippen LogP contribution is -2.41. The summed E-state index contributed by atoms with van der Waals surface area (Å²) >= 11 is 3.12. The van der Waals surface area contributed by atoms with E-state index < -0.39 is 22.0 Å². The first-order valence-corrected chi connectivity index (χ1v) is 7.85. The first-order chi connectivity index (χ1) is 8.72. The lowest BCUT2D eigenvalue weighted by atomic mass is 10.1. The molecule has 1 aromatic rings. The summed E-state index contributed by atoms with van der Waals surface area (Å²) in [5.74, 6) is -1.13. The second-order valence-corrected chi connectivity index (χ2v) is 7.11. The summed E-state index contributed by atoms with van der Waals surface area (Å²) in [4.78, 5) is 14.7. The first-order valence-electron chi connectivity index (χ1n) is 5.58. The molecule has 19 heavy (non-hydrogen) atoms. The van der Waals surface area contributed by atoms with Crippen molar-refractivity contribution in [3.05, 3.63) is 22.9 Å². The van der Waals surface area contributed by atoms with Crippen LogP contribution in [0.25, 0.3) is 0 Å².